The SMILES string of the molecule is Cc1cc(-c2cnc(N)c(OCc3ccnc(N)c3OC3CCCC3)n2)cc2c1CCN(C)C2. The molecule has 0 spiro atoms. The van der Waals surface area contributed by atoms with E-state index in [0.717, 1.165) is 49.2 Å². The van der Waals surface area contributed by atoms with Crippen LogP contribution in [0.25, 0.3) is 11.3 Å². The Labute approximate surface area is 200 Å². The van der Waals surface area contributed by atoms with E-state index in [2.05, 4.69) is 41.0 Å². The lowest BCUT2D eigenvalue weighted by atomic mass is 9.92. The number of aryl methyl sites for hydroxylation is 1. The van der Waals surface area contributed by atoms with Crippen LogP contribution in [0.1, 0.15) is 47.9 Å². The molecule has 1 aliphatic heterocycles. The predicted octanol–water partition coefficient (Wildman–Crippen LogP) is 3.90. The number of nitrogens with two attached hydrogens (primary N) is 2. The minimum Gasteiger partial charge on any atom is -0.486 e. The standard InChI is InChI=1S/C26H32N6O2/c1-16-11-18(12-19-14-32(2)10-8-21(16)19)22-13-30-25(28)26(31-22)33-15-17-7-9-29-24(27)23(17)34-20-5-3-4-6-20/h7,9,11-13,20H,3-6,8,10,14-15H2,1-2H3,(H2,27,29)(H2,28,30). The highest BCUT2D eigenvalue weighted by Crippen LogP contribution is 2.33. The Morgan fingerprint density at radius 2 is 1.94 bits per heavy atom. The number of nitrogens with zero attached hydrogens (tertiary/aromatic N) is 4. The van der Waals surface area contributed by atoms with Gasteiger partial charge in [0.05, 0.1) is 18.0 Å². The monoisotopic (exact) mass is 460 g/mol. The topological polar surface area (TPSA) is 112 Å². The smallest absolute Gasteiger partial charge is 0.258 e. The molecule has 8 nitrogen and oxygen atoms in total. The molecule has 0 radical (unpaired) electrons. The maximum Gasteiger partial charge on any atom is 0.258 e. The van der Waals surface area contributed by atoms with Gasteiger partial charge in [-0.2, -0.15) is 0 Å². The zero-order chi connectivity index (χ0) is 23.7. The van der Waals surface area contributed by atoms with Crippen LogP contribution in [-0.2, 0) is 19.6 Å². The first kappa shape index (κ1) is 22.4. The summed E-state index contributed by atoms with van der Waals surface area (Å²) in [7, 11) is 2.15. The molecule has 34 heavy (non-hydrogen) atoms. The number of pyridine rings is 1. The third-order valence-electron chi connectivity index (χ3n) is 6.78. The summed E-state index contributed by atoms with van der Waals surface area (Å²) in [4.78, 5) is 15.6. The van der Waals surface area contributed by atoms with E-state index in [9.17, 15) is 0 Å². The van der Waals surface area contributed by atoms with Crippen LogP contribution in [0.3, 0.4) is 0 Å². The van der Waals surface area contributed by atoms with Crippen molar-refractivity contribution in [3.05, 3.63) is 52.8 Å². The quantitative estimate of drug-likeness (QED) is 0.570. The lowest BCUT2D eigenvalue weighted by Gasteiger charge is -2.27. The van der Waals surface area contributed by atoms with Crippen molar-refractivity contribution in [1.29, 1.82) is 0 Å². The van der Waals surface area contributed by atoms with Crippen LogP contribution in [0.5, 0.6) is 11.6 Å². The first-order valence-electron chi connectivity index (χ1n) is 11.9. The fourth-order valence-electron chi connectivity index (χ4n) is 4.91. The Kier molecular flexibility index (Phi) is 6.24. The van der Waals surface area contributed by atoms with Crippen LogP contribution in [0.2, 0.25) is 0 Å². The third-order valence-corrected chi connectivity index (χ3v) is 6.78. The first-order valence-corrected chi connectivity index (χ1v) is 11.9. The second kappa shape index (κ2) is 9.46. The normalized spacial score (nSPS) is 16.4. The summed E-state index contributed by atoms with van der Waals surface area (Å²) in [5.74, 6) is 1.51. The third kappa shape index (κ3) is 4.63. The summed E-state index contributed by atoms with van der Waals surface area (Å²) in [5.41, 5.74) is 18.9. The average molecular weight is 461 g/mol. The van der Waals surface area contributed by atoms with Gasteiger partial charge in [-0.25, -0.2) is 15.0 Å². The summed E-state index contributed by atoms with van der Waals surface area (Å²) in [6, 6.07) is 6.24. The summed E-state index contributed by atoms with van der Waals surface area (Å²) in [5, 5.41) is 0. The van der Waals surface area contributed by atoms with E-state index in [4.69, 9.17) is 25.9 Å². The van der Waals surface area contributed by atoms with Gasteiger partial charge < -0.3 is 25.8 Å². The highest BCUT2D eigenvalue weighted by atomic mass is 16.5. The van der Waals surface area contributed by atoms with E-state index in [1.807, 2.05) is 6.07 Å². The van der Waals surface area contributed by atoms with E-state index in [1.165, 1.54) is 29.5 Å². The predicted molar refractivity (Wildman–Crippen MR) is 133 cm³/mol. The minimum atomic E-state index is 0.171. The largest absolute Gasteiger partial charge is 0.486 e. The van der Waals surface area contributed by atoms with Crippen molar-refractivity contribution in [3.8, 4) is 22.9 Å². The number of hydrogen-bond donors (Lipinski definition) is 2. The number of anilines is 2. The average Bonchev–Trinajstić information content (AvgIpc) is 3.33. The fourth-order valence-corrected chi connectivity index (χ4v) is 4.91. The molecular formula is C26H32N6O2. The molecule has 2 aromatic heterocycles. The number of hydrogen-bond acceptors (Lipinski definition) is 8. The number of nitrogen functional groups attached to an aromatic ring is 2. The van der Waals surface area contributed by atoms with Crippen molar-refractivity contribution in [2.45, 2.75) is 58.3 Å². The lowest BCUT2D eigenvalue weighted by molar-refractivity contribution is 0.202. The summed E-state index contributed by atoms with van der Waals surface area (Å²) in [6.07, 6.45) is 9.02. The number of rotatable bonds is 6. The van der Waals surface area contributed by atoms with Gasteiger partial charge in [0.15, 0.2) is 17.4 Å². The fraction of sp³-hybridized carbons (Fsp3) is 0.423. The molecule has 2 aliphatic rings. The molecule has 0 amide bonds. The van der Waals surface area contributed by atoms with Gasteiger partial charge in [0.25, 0.3) is 5.88 Å². The number of fused-ring (bicyclic) bond motifs is 1. The van der Waals surface area contributed by atoms with Gasteiger partial charge in [-0.1, -0.05) is 0 Å². The molecule has 3 aromatic rings. The number of benzene rings is 1. The number of aromatic nitrogens is 3. The van der Waals surface area contributed by atoms with Crippen LogP contribution < -0.4 is 20.9 Å². The van der Waals surface area contributed by atoms with Crippen molar-refractivity contribution >= 4 is 11.6 Å². The summed E-state index contributed by atoms with van der Waals surface area (Å²) >= 11 is 0. The lowest BCUT2D eigenvalue weighted by Crippen LogP contribution is -2.27. The minimum absolute atomic E-state index is 0.171. The van der Waals surface area contributed by atoms with Crippen LogP contribution in [0.15, 0.2) is 30.6 Å². The molecule has 0 unspecified atom stereocenters. The van der Waals surface area contributed by atoms with Crippen molar-refractivity contribution in [3.63, 3.8) is 0 Å². The van der Waals surface area contributed by atoms with Gasteiger partial charge in [-0.3, -0.25) is 0 Å². The molecular weight excluding hydrogens is 428 g/mol. The van der Waals surface area contributed by atoms with E-state index in [0.29, 0.717) is 17.4 Å². The molecule has 1 aromatic carbocycles. The molecule has 3 heterocycles. The Hall–Kier alpha value is -3.39. The second-order valence-electron chi connectivity index (χ2n) is 9.36. The Bertz CT molecular complexity index is 1190. The molecule has 1 fully saturated rings. The molecule has 0 saturated heterocycles. The van der Waals surface area contributed by atoms with Crippen LogP contribution in [0.4, 0.5) is 11.6 Å². The Morgan fingerprint density at radius 1 is 1.12 bits per heavy atom. The van der Waals surface area contributed by atoms with Crippen LogP contribution in [0, 0.1) is 6.92 Å². The highest BCUT2D eigenvalue weighted by Gasteiger charge is 2.21. The zero-order valence-corrected chi connectivity index (χ0v) is 19.9. The molecule has 0 atom stereocenters. The molecule has 5 rings (SSSR count). The summed E-state index contributed by atoms with van der Waals surface area (Å²) in [6.45, 7) is 4.39. The van der Waals surface area contributed by atoms with Crippen molar-refractivity contribution < 1.29 is 9.47 Å². The van der Waals surface area contributed by atoms with E-state index >= 15 is 0 Å². The molecule has 8 heteroatoms. The van der Waals surface area contributed by atoms with E-state index in [-0.39, 0.29) is 18.5 Å². The number of likely N-dealkylation sites (N-methyl/N-ethyl adjacent to an activating group) is 1. The van der Waals surface area contributed by atoms with Gasteiger partial charge in [0.2, 0.25) is 0 Å². The second-order valence-corrected chi connectivity index (χ2v) is 9.36. The highest BCUT2D eigenvalue weighted by molar-refractivity contribution is 5.64. The Balaban J connectivity index is 1.38. The van der Waals surface area contributed by atoms with Gasteiger partial charge >= 0.3 is 0 Å². The first-order chi connectivity index (χ1) is 16.5. The van der Waals surface area contributed by atoms with Crippen molar-refractivity contribution in [2.24, 2.45) is 0 Å². The molecule has 178 valence electrons. The van der Waals surface area contributed by atoms with Crippen LogP contribution in [-0.4, -0.2) is 39.5 Å². The van der Waals surface area contributed by atoms with Crippen LogP contribution >= 0.6 is 0 Å². The maximum atomic E-state index is 6.18. The maximum absolute atomic E-state index is 6.18. The molecule has 4 N–H and O–H groups in total. The van der Waals surface area contributed by atoms with Gasteiger partial charge in [0.1, 0.15) is 6.61 Å². The molecule has 0 bridgehead atoms. The summed E-state index contributed by atoms with van der Waals surface area (Å²) < 4.78 is 12.2. The molecule has 1 aliphatic carbocycles. The van der Waals surface area contributed by atoms with Gasteiger partial charge in [-0.15, -0.1) is 0 Å². The number of ether oxygens (including phenoxy) is 2. The van der Waals surface area contributed by atoms with E-state index in [1.54, 1.807) is 12.4 Å². The zero-order valence-electron chi connectivity index (χ0n) is 19.9. The van der Waals surface area contributed by atoms with Gasteiger partial charge in [-0.05, 0) is 81.0 Å². The molecule has 1 saturated carbocycles. The van der Waals surface area contributed by atoms with Crippen molar-refractivity contribution in [2.75, 3.05) is 25.1 Å². The van der Waals surface area contributed by atoms with E-state index < -0.39 is 0 Å². The van der Waals surface area contributed by atoms with Gasteiger partial charge in [0, 0.05) is 30.4 Å². The van der Waals surface area contributed by atoms with Crippen molar-refractivity contribution in [1.82, 2.24) is 19.9 Å². The Morgan fingerprint density at radius 3 is 2.76 bits per heavy atom.